The summed E-state index contributed by atoms with van der Waals surface area (Å²) in [6.07, 6.45) is 6.42. The maximum atomic E-state index is 11.5. The Balaban J connectivity index is 1.47. The number of nitrogens with zero attached hydrogens (tertiary/aromatic N) is 8. The number of carbonyl (C=O) groups excluding carboxylic acids is 1. The van der Waals surface area contributed by atoms with Crippen molar-refractivity contribution < 1.29 is 14.7 Å². The van der Waals surface area contributed by atoms with Gasteiger partial charge in [0.2, 0.25) is 5.95 Å². The number of hydrogen-bond acceptors (Lipinski definition) is 11. The normalized spacial score (nSPS) is 13.9. The van der Waals surface area contributed by atoms with Gasteiger partial charge in [0.25, 0.3) is 5.91 Å². The van der Waals surface area contributed by atoms with E-state index in [-0.39, 0.29) is 5.56 Å². The maximum absolute atomic E-state index is 11.5. The summed E-state index contributed by atoms with van der Waals surface area (Å²) in [4.78, 5) is 34.9. The Bertz CT molecular complexity index is 1320. The van der Waals surface area contributed by atoms with Gasteiger partial charge in [-0.05, 0) is 6.07 Å². The number of carbonyl (C=O) groups is 1. The number of aryl methyl sites for hydroxylation is 1. The van der Waals surface area contributed by atoms with E-state index in [1.54, 1.807) is 27.7 Å². The molecular formula is C21H23N9O3S. The quantitative estimate of drug-likeness (QED) is 0.308. The molecule has 1 fully saturated rings. The lowest BCUT2D eigenvalue weighted by Gasteiger charge is -2.28. The SMILES string of the molecule is CN(Cc1cc2nc(-c3cnn(C)c3)nc(N3CCOCC3)c2s1)c1ncc(C(=O)NO)cn1. The smallest absolute Gasteiger partial charge is 0.277 e. The van der Waals surface area contributed by atoms with E-state index in [1.807, 2.05) is 25.2 Å². The number of amides is 1. The number of aromatic nitrogens is 6. The lowest BCUT2D eigenvalue weighted by atomic mass is 10.3. The molecule has 5 rings (SSSR count). The van der Waals surface area contributed by atoms with Gasteiger partial charge in [-0.15, -0.1) is 11.3 Å². The minimum atomic E-state index is -0.655. The minimum absolute atomic E-state index is 0.176. The average Bonchev–Trinajstić information content (AvgIpc) is 3.49. The number of hydroxylamine groups is 1. The minimum Gasteiger partial charge on any atom is -0.378 e. The highest BCUT2D eigenvalue weighted by molar-refractivity contribution is 7.19. The predicted molar refractivity (Wildman–Crippen MR) is 126 cm³/mol. The molecule has 13 heteroatoms. The van der Waals surface area contributed by atoms with Gasteiger partial charge in [-0.25, -0.2) is 25.4 Å². The molecule has 0 spiro atoms. The number of thiophene rings is 1. The van der Waals surface area contributed by atoms with Gasteiger partial charge in [0.15, 0.2) is 11.6 Å². The molecule has 0 radical (unpaired) electrons. The monoisotopic (exact) mass is 481 g/mol. The van der Waals surface area contributed by atoms with Crippen LogP contribution in [-0.2, 0) is 18.3 Å². The van der Waals surface area contributed by atoms with E-state index >= 15 is 0 Å². The zero-order chi connectivity index (χ0) is 23.7. The summed E-state index contributed by atoms with van der Waals surface area (Å²) in [6, 6.07) is 2.07. The highest BCUT2D eigenvalue weighted by Crippen LogP contribution is 2.35. The van der Waals surface area contributed by atoms with Crippen LogP contribution in [0.3, 0.4) is 0 Å². The van der Waals surface area contributed by atoms with E-state index < -0.39 is 5.91 Å². The highest BCUT2D eigenvalue weighted by atomic mass is 32.1. The largest absolute Gasteiger partial charge is 0.378 e. The molecule has 4 aromatic heterocycles. The number of anilines is 2. The Kier molecular flexibility index (Phi) is 6.04. The average molecular weight is 482 g/mol. The zero-order valence-corrected chi connectivity index (χ0v) is 19.5. The fourth-order valence-corrected chi connectivity index (χ4v) is 4.87. The number of morpholine rings is 1. The van der Waals surface area contributed by atoms with E-state index in [0.717, 1.165) is 39.6 Å². The van der Waals surface area contributed by atoms with Crippen molar-refractivity contribution in [2.24, 2.45) is 7.05 Å². The molecule has 5 heterocycles. The topological polar surface area (TPSA) is 134 Å². The Morgan fingerprint density at radius 1 is 1.24 bits per heavy atom. The van der Waals surface area contributed by atoms with Gasteiger partial charge in [-0.1, -0.05) is 0 Å². The van der Waals surface area contributed by atoms with Gasteiger partial charge >= 0.3 is 0 Å². The summed E-state index contributed by atoms with van der Waals surface area (Å²) in [5, 5.41) is 13.0. The van der Waals surface area contributed by atoms with Crippen molar-refractivity contribution in [3.05, 3.63) is 41.3 Å². The predicted octanol–water partition coefficient (Wildman–Crippen LogP) is 1.47. The van der Waals surface area contributed by atoms with Gasteiger partial charge in [-0.3, -0.25) is 14.7 Å². The molecule has 0 aliphatic carbocycles. The summed E-state index contributed by atoms with van der Waals surface area (Å²) in [7, 11) is 3.75. The van der Waals surface area contributed by atoms with Crippen molar-refractivity contribution in [2.45, 2.75) is 6.54 Å². The fourth-order valence-electron chi connectivity index (χ4n) is 3.70. The number of hydrogen-bond donors (Lipinski definition) is 2. The first kappa shape index (κ1) is 22.1. The van der Waals surface area contributed by atoms with Crippen LogP contribution in [0.4, 0.5) is 11.8 Å². The number of ether oxygens (including phenoxy) is 1. The zero-order valence-electron chi connectivity index (χ0n) is 18.7. The van der Waals surface area contributed by atoms with E-state index in [1.165, 1.54) is 12.4 Å². The summed E-state index contributed by atoms with van der Waals surface area (Å²) in [6.45, 7) is 3.42. The van der Waals surface area contributed by atoms with Crippen molar-refractivity contribution >= 4 is 39.2 Å². The molecule has 2 N–H and O–H groups in total. The molecule has 0 aromatic carbocycles. The molecule has 34 heavy (non-hydrogen) atoms. The molecule has 0 atom stereocenters. The summed E-state index contributed by atoms with van der Waals surface area (Å²) in [5.74, 6) is 1.35. The van der Waals surface area contributed by atoms with Crippen molar-refractivity contribution in [3.8, 4) is 11.4 Å². The Hall–Kier alpha value is -3.68. The van der Waals surface area contributed by atoms with Crippen molar-refractivity contribution in [1.82, 2.24) is 35.2 Å². The number of nitrogens with one attached hydrogen (secondary N) is 1. The molecule has 1 aliphatic rings. The van der Waals surface area contributed by atoms with Crippen LogP contribution in [0.1, 0.15) is 15.2 Å². The number of fused-ring (bicyclic) bond motifs is 1. The molecule has 12 nitrogen and oxygen atoms in total. The maximum Gasteiger partial charge on any atom is 0.277 e. The second-order valence-corrected chi connectivity index (χ2v) is 9.01. The summed E-state index contributed by atoms with van der Waals surface area (Å²) < 4.78 is 8.29. The van der Waals surface area contributed by atoms with E-state index in [2.05, 4.69) is 26.0 Å². The molecule has 0 bridgehead atoms. The van der Waals surface area contributed by atoms with Crippen LogP contribution < -0.4 is 15.3 Å². The first-order valence-corrected chi connectivity index (χ1v) is 11.4. The van der Waals surface area contributed by atoms with Gasteiger partial charge in [0.05, 0.1) is 47.3 Å². The fraction of sp³-hybridized carbons (Fsp3) is 0.333. The second kappa shape index (κ2) is 9.29. The molecule has 0 unspecified atom stereocenters. The molecule has 0 saturated carbocycles. The van der Waals surface area contributed by atoms with Crippen molar-refractivity contribution in [2.75, 3.05) is 43.2 Å². The third-order valence-corrected chi connectivity index (χ3v) is 6.52. The van der Waals surface area contributed by atoms with E-state index in [4.69, 9.17) is 19.9 Å². The highest BCUT2D eigenvalue weighted by Gasteiger charge is 2.21. The Morgan fingerprint density at radius 3 is 2.68 bits per heavy atom. The van der Waals surface area contributed by atoms with E-state index in [0.29, 0.717) is 31.5 Å². The van der Waals surface area contributed by atoms with E-state index in [9.17, 15) is 4.79 Å². The summed E-state index contributed by atoms with van der Waals surface area (Å²) in [5.41, 5.74) is 3.49. The third-order valence-electron chi connectivity index (χ3n) is 5.41. The standard InChI is InChI=1S/C21H23N9O3S/c1-28(21-22-8-13(9-23-21)20(31)27-32)12-15-7-16-17(34-15)19(30-3-5-33-6-4-30)26-18(25-16)14-10-24-29(2)11-14/h7-11,32H,3-6,12H2,1-2H3,(H,27,31). The van der Waals surface area contributed by atoms with Gasteiger partial charge in [-0.2, -0.15) is 5.10 Å². The summed E-state index contributed by atoms with van der Waals surface area (Å²) >= 11 is 1.64. The molecule has 4 aromatic rings. The number of rotatable bonds is 6. The van der Waals surface area contributed by atoms with Gasteiger partial charge in [0.1, 0.15) is 0 Å². The lowest BCUT2D eigenvalue weighted by molar-refractivity contribution is 0.0705. The van der Waals surface area contributed by atoms with Crippen LogP contribution in [0.15, 0.2) is 30.9 Å². The van der Waals surface area contributed by atoms with Gasteiger partial charge in [0, 0.05) is 50.7 Å². The molecule has 1 aliphatic heterocycles. The first-order valence-electron chi connectivity index (χ1n) is 10.6. The second-order valence-electron chi connectivity index (χ2n) is 7.87. The molecular weight excluding hydrogens is 458 g/mol. The molecule has 176 valence electrons. The van der Waals surface area contributed by atoms with Gasteiger partial charge < -0.3 is 14.5 Å². The van der Waals surface area contributed by atoms with Crippen LogP contribution in [0.2, 0.25) is 0 Å². The lowest BCUT2D eigenvalue weighted by Crippen LogP contribution is -2.36. The van der Waals surface area contributed by atoms with Crippen LogP contribution in [0, 0.1) is 0 Å². The van der Waals surface area contributed by atoms with Crippen LogP contribution in [-0.4, -0.2) is 74.2 Å². The van der Waals surface area contributed by atoms with Crippen LogP contribution in [0.5, 0.6) is 0 Å². The Morgan fingerprint density at radius 2 is 2.00 bits per heavy atom. The Labute approximate surface area is 198 Å². The molecule has 1 saturated heterocycles. The van der Waals surface area contributed by atoms with Crippen molar-refractivity contribution in [3.63, 3.8) is 0 Å². The van der Waals surface area contributed by atoms with Crippen molar-refractivity contribution in [1.29, 1.82) is 0 Å². The van der Waals surface area contributed by atoms with Crippen LogP contribution >= 0.6 is 11.3 Å². The van der Waals surface area contributed by atoms with Crippen LogP contribution in [0.25, 0.3) is 21.6 Å². The molecule has 1 amide bonds. The third kappa shape index (κ3) is 4.40. The first-order chi connectivity index (χ1) is 16.5.